The minimum atomic E-state index is -0.219. The Balaban J connectivity index is 1.61. The first-order chi connectivity index (χ1) is 15.2. The van der Waals surface area contributed by atoms with Gasteiger partial charge in [-0.05, 0) is 53.8 Å². The number of aryl methyl sites for hydroxylation is 2. The van der Waals surface area contributed by atoms with Gasteiger partial charge < -0.3 is 9.30 Å². The third-order valence-corrected chi connectivity index (χ3v) is 6.49. The third kappa shape index (κ3) is 2.84. The molecule has 3 heteroatoms. The maximum atomic E-state index is 13.4. The molecule has 0 saturated carbocycles. The number of rotatable bonds is 2. The van der Waals surface area contributed by atoms with Gasteiger partial charge in [0, 0.05) is 28.9 Å². The van der Waals surface area contributed by atoms with E-state index in [0.717, 1.165) is 24.2 Å². The molecule has 31 heavy (non-hydrogen) atoms. The fourth-order valence-electron chi connectivity index (χ4n) is 5.02. The number of para-hydroxylation sites is 1. The van der Waals surface area contributed by atoms with Crippen molar-refractivity contribution in [3.8, 4) is 16.9 Å². The largest absolute Gasteiger partial charge is 0.485 e. The van der Waals surface area contributed by atoms with Crippen LogP contribution in [-0.4, -0.2) is 4.57 Å². The minimum Gasteiger partial charge on any atom is -0.485 e. The van der Waals surface area contributed by atoms with Crippen molar-refractivity contribution in [3.05, 3.63) is 102 Å². The van der Waals surface area contributed by atoms with Crippen molar-refractivity contribution in [2.75, 3.05) is 0 Å². The Morgan fingerprint density at radius 3 is 2.45 bits per heavy atom. The quantitative estimate of drug-likeness (QED) is 0.302. The molecule has 152 valence electrons. The Kier molecular flexibility index (Phi) is 4.10. The van der Waals surface area contributed by atoms with Gasteiger partial charge in [-0.2, -0.15) is 0 Å². The molecule has 0 bridgehead atoms. The van der Waals surface area contributed by atoms with E-state index in [0.29, 0.717) is 0 Å². The molecule has 5 aromatic rings. The van der Waals surface area contributed by atoms with Gasteiger partial charge >= 0.3 is 0 Å². The summed E-state index contributed by atoms with van der Waals surface area (Å²) in [6.07, 6.45) is 1.73. The fraction of sp³-hybridized carbons (Fsp3) is 0.143. The van der Waals surface area contributed by atoms with E-state index in [2.05, 4.69) is 66.2 Å². The Morgan fingerprint density at radius 1 is 0.903 bits per heavy atom. The highest BCUT2D eigenvalue weighted by atomic mass is 19.1. The van der Waals surface area contributed by atoms with Crippen molar-refractivity contribution in [2.45, 2.75) is 18.9 Å². The Bertz CT molecular complexity index is 1420. The first-order valence-electron chi connectivity index (χ1n) is 10.7. The van der Waals surface area contributed by atoms with Gasteiger partial charge in [-0.3, -0.25) is 0 Å². The second-order valence-corrected chi connectivity index (χ2v) is 8.26. The minimum absolute atomic E-state index is 0.0659. The summed E-state index contributed by atoms with van der Waals surface area (Å²) in [5.74, 6) is 0.710. The number of fused-ring (bicyclic) bond motifs is 5. The van der Waals surface area contributed by atoms with E-state index in [1.807, 2.05) is 18.2 Å². The van der Waals surface area contributed by atoms with Crippen LogP contribution in [0, 0.1) is 5.82 Å². The second-order valence-electron chi connectivity index (χ2n) is 8.26. The van der Waals surface area contributed by atoms with Crippen molar-refractivity contribution in [1.29, 1.82) is 0 Å². The van der Waals surface area contributed by atoms with Crippen molar-refractivity contribution in [2.24, 2.45) is 7.05 Å². The maximum Gasteiger partial charge on any atom is 0.126 e. The molecule has 1 atom stereocenters. The van der Waals surface area contributed by atoms with Crippen LogP contribution in [0.5, 0.6) is 5.75 Å². The average molecular weight is 407 g/mol. The number of benzene rings is 4. The molecule has 2 nitrogen and oxygen atoms in total. The zero-order valence-electron chi connectivity index (χ0n) is 17.3. The highest BCUT2D eigenvalue weighted by molar-refractivity contribution is 6.16. The normalized spacial score (nSPS) is 15.7. The third-order valence-electron chi connectivity index (χ3n) is 6.49. The SMILES string of the molecule is Cn1c2ccccc2c2c(-c3ccccc3)cc3c(c21)CCC(c1ccc(F)cc1)O3. The van der Waals surface area contributed by atoms with E-state index < -0.39 is 0 Å². The average Bonchev–Trinajstić information content (AvgIpc) is 3.12. The zero-order chi connectivity index (χ0) is 20.9. The molecule has 1 aromatic heterocycles. The first-order valence-corrected chi connectivity index (χ1v) is 10.7. The molecule has 0 aliphatic carbocycles. The van der Waals surface area contributed by atoms with Crippen LogP contribution in [0.15, 0.2) is 84.9 Å². The van der Waals surface area contributed by atoms with Crippen LogP contribution in [0.25, 0.3) is 32.9 Å². The van der Waals surface area contributed by atoms with Gasteiger partial charge in [-0.1, -0.05) is 60.7 Å². The number of hydrogen-bond donors (Lipinski definition) is 0. The van der Waals surface area contributed by atoms with Crippen molar-refractivity contribution < 1.29 is 9.13 Å². The van der Waals surface area contributed by atoms with E-state index in [1.54, 1.807) is 0 Å². The molecule has 0 fully saturated rings. The summed E-state index contributed by atoms with van der Waals surface area (Å²) in [6.45, 7) is 0. The Labute approximate surface area is 180 Å². The van der Waals surface area contributed by atoms with Gasteiger partial charge in [-0.15, -0.1) is 0 Å². The Hall–Kier alpha value is -3.59. The van der Waals surface area contributed by atoms with Crippen molar-refractivity contribution in [3.63, 3.8) is 0 Å². The van der Waals surface area contributed by atoms with Gasteiger partial charge in [0.2, 0.25) is 0 Å². The summed E-state index contributed by atoms with van der Waals surface area (Å²) < 4.78 is 22.3. The Morgan fingerprint density at radius 2 is 1.65 bits per heavy atom. The summed E-state index contributed by atoms with van der Waals surface area (Å²) in [5.41, 5.74) is 7.11. The summed E-state index contributed by atoms with van der Waals surface area (Å²) in [4.78, 5) is 0. The van der Waals surface area contributed by atoms with Crippen molar-refractivity contribution >= 4 is 21.8 Å². The lowest BCUT2D eigenvalue weighted by Gasteiger charge is -2.28. The number of hydrogen-bond acceptors (Lipinski definition) is 1. The van der Waals surface area contributed by atoms with Gasteiger partial charge in [0.25, 0.3) is 0 Å². The van der Waals surface area contributed by atoms with E-state index >= 15 is 0 Å². The summed E-state index contributed by atoms with van der Waals surface area (Å²) >= 11 is 0. The maximum absolute atomic E-state index is 13.4. The summed E-state index contributed by atoms with van der Waals surface area (Å²) in [5, 5.41) is 2.55. The lowest BCUT2D eigenvalue weighted by Crippen LogP contribution is -2.16. The highest BCUT2D eigenvalue weighted by Crippen LogP contribution is 2.46. The van der Waals surface area contributed by atoms with Gasteiger partial charge in [-0.25, -0.2) is 4.39 Å². The molecule has 1 unspecified atom stereocenters. The number of ether oxygens (including phenoxy) is 1. The van der Waals surface area contributed by atoms with Gasteiger partial charge in [0.1, 0.15) is 17.7 Å². The van der Waals surface area contributed by atoms with Crippen LogP contribution in [-0.2, 0) is 13.5 Å². The lowest BCUT2D eigenvalue weighted by atomic mass is 9.91. The summed E-state index contributed by atoms with van der Waals surface area (Å²) in [7, 11) is 2.14. The molecule has 0 saturated heterocycles. The predicted molar refractivity (Wildman–Crippen MR) is 124 cm³/mol. The molecule has 1 aliphatic heterocycles. The molecule has 0 spiro atoms. The highest BCUT2D eigenvalue weighted by Gasteiger charge is 2.27. The number of nitrogens with zero attached hydrogens (tertiary/aromatic N) is 1. The molecular weight excluding hydrogens is 385 g/mol. The van der Waals surface area contributed by atoms with Crippen LogP contribution >= 0.6 is 0 Å². The van der Waals surface area contributed by atoms with Crippen LogP contribution in [0.3, 0.4) is 0 Å². The van der Waals surface area contributed by atoms with Crippen LogP contribution in [0.4, 0.5) is 4.39 Å². The standard InChI is InChI=1S/C28H22FNO/c1-30-24-10-6-5-9-21(24)27-23(18-7-3-2-4-8-18)17-26-22(28(27)30)15-16-25(31-26)19-11-13-20(29)14-12-19/h2-14,17,25H,15-16H2,1H3. The monoisotopic (exact) mass is 407 g/mol. The molecule has 0 radical (unpaired) electrons. The van der Waals surface area contributed by atoms with Crippen LogP contribution < -0.4 is 4.74 Å². The zero-order valence-corrected chi connectivity index (χ0v) is 17.3. The molecule has 4 aromatic carbocycles. The van der Waals surface area contributed by atoms with Gasteiger partial charge in [0.05, 0.1) is 5.52 Å². The molecule has 6 rings (SSSR count). The second kappa shape index (κ2) is 6.98. The van der Waals surface area contributed by atoms with E-state index in [1.165, 1.54) is 50.6 Å². The molecule has 1 aliphatic rings. The van der Waals surface area contributed by atoms with Crippen LogP contribution in [0.1, 0.15) is 23.7 Å². The fourth-order valence-corrected chi connectivity index (χ4v) is 5.02. The molecule has 0 amide bonds. The van der Waals surface area contributed by atoms with Crippen LogP contribution in [0.2, 0.25) is 0 Å². The van der Waals surface area contributed by atoms with Crippen molar-refractivity contribution in [1.82, 2.24) is 4.57 Å². The number of aromatic nitrogens is 1. The smallest absolute Gasteiger partial charge is 0.126 e. The molecule has 0 N–H and O–H groups in total. The molecule has 2 heterocycles. The topological polar surface area (TPSA) is 14.2 Å². The van der Waals surface area contributed by atoms with E-state index in [-0.39, 0.29) is 11.9 Å². The predicted octanol–water partition coefficient (Wildman–Crippen LogP) is 7.20. The lowest BCUT2D eigenvalue weighted by molar-refractivity contribution is 0.177. The van der Waals surface area contributed by atoms with Gasteiger partial charge in [0.15, 0.2) is 0 Å². The summed E-state index contributed by atoms with van der Waals surface area (Å²) in [6, 6.07) is 28.0. The molecular formula is C28H22FNO. The first kappa shape index (κ1) is 18.2. The van der Waals surface area contributed by atoms with E-state index in [4.69, 9.17) is 4.74 Å². The number of halogens is 1. The van der Waals surface area contributed by atoms with E-state index in [9.17, 15) is 4.39 Å².